The molecule has 0 radical (unpaired) electrons. The van der Waals surface area contributed by atoms with Gasteiger partial charge in [0, 0.05) is 31.0 Å². The first kappa shape index (κ1) is 11.1. The number of nitrogens with one attached hydrogen (secondary N) is 1. The van der Waals surface area contributed by atoms with Crippen LogP contribution in [0.25, 0.3) is 0 Å². The molecule has 3 heteroatoms. The molecule has 4 rings (SSSR count). The monoisotopic (exact) mass is 232 g/mol. The second kappa shape index (κ2) is 4.34. The van der Waals surface area contributed by atoms with Crippen LogP contribution in [0.4, 0.5) is 0 Å². The number of nitrogens with zero attached hydrogens (tertiary/aromatic N) is 1. The molecule has 1 amide bonds. The predicted octanol–water partition coefficient (Wildman–Crippen LogP) is 0.856. The Bertz CT molecular complexity index is 356. The normalized spacial score (nSPS) is 39.7. The first-order valence-corrected chi connectivity index (χ1v) is 6.76. The first-order valence-electron chi connectivity index (χ1n) is 6.76. The second-order valence-electron chi connectivity index (χ2n) is 5.73. The lowest BCUT2D eigenvalue weighted by Gasteiger charge is -2.48. The molecule has 4 unspecified atom stereocenters. The number of terminal acetylenes is 1. The first-order chi connectivity index (χ1) is 8.28. The SMILES string of the molecule is C#CC1CN2CCC1CC2CNC(=O)C1CC1. The van der Waals surface area contributed by atoms with E-state index in [0.717, 1.165) is 32.5 Å². The van der Waals surface area contributed by atoms with E-state index in [4.69, 9.17) is 6.42 Å². The van der Waals surface area contributed by atoms with Crippen molar-refractivity contribution < 1.29 is 4.79 Å². The summed E-state index contributed by atoms with van der Waals surface area (Å²) < 4.78 is 0. The Morgan fingerprint density at radius 2 is 2.24 bits per heavy atom. The van der Waals surface area contributed by atoms with Crippen molar-refractivity contribution in [2.45, 2.75) is 31.7 Å². The quantitative estimate of drug-likeness (QED) is 0.732. The van der Waals surface area contributed by atoms with Gasteiger partial charge < -0.3 is 5.32 Å². The maximum atomic E-state index is 11.6. The lowest BCUT2D eigenvalue weighted by molar-refractivity contribution is -0.122. The van der Waals surface area contributed by atoms with Crippen molar-refractivity contribution in [1.82, 2.24) is 10.2 Å². The van der Waals surface area contributed by atoms with Crippen LogP contribution in [0.5, 0.6) is 0 Å². The number of carbonyl (C=O) groups excluding carboxylic acids is 1. The number of hydrogen-bond donors (Lipinski definition) is 1. The van der Waals surface area contributed by atoms with Gasteiger partial charge in [0.15, 0.2) is 0 Å². The van der Waals surface area contributed by atoms with E-state index < -0.39 is 0 Å². The molecular formula is C14H20N2O. The van der Waals surface area contributed by atoms with Gasteiger partial charge in [-0.15, -0.1) is 12.3 Å². The summed E-state index contributed by atoms with van der Waals surface area (Å²) in [4.78, 5) is 14.1. The highest BCUT2D eigenvalue weighted by Crippen LogP contribution is 2.35. The van der Waals surface area contributed by atoms with Gasteiger partial charge in [-0.3, -0.25) is 9.69 Å². The van der Waals surface area contributed by atoms with E-state index in [0.29, 0.717) is 23.8 Å². The largest absolute Gasteiger partial charge is 0.354 e. The zero-order chi connectivity index (χ0) is 11.8. The summed E-state index contributed by atoms with van der Waals surface area (Å²) in [5.74, 6) is 4.64. The van der Waals surface area contributed by atoms with Gasteiger partial charge in [0.05, 0.1) is 0 Å². The minimum absolute atomic E-state index is 0.265. The number of carbonyl (C=O) groups is 1. The van der Waals surface area contributed by atoms with E-state index in [1.54, 1.807) is 0 Å². The number of fused-ring (bicyclic) bond motifs is 3. The van der Waals surface area contributed by atoms with Gasteiger partial charge in [-0.1, -0.05) is 0 Å². The topological polar surface area (TPSA) is 32.3 Å². The highest BCUT2D eigenvalue weighted by Gasteiger charge is 2.39. The van der Waals surface area contributed by atoms with Gasteiger partial charge in [0.25, 0.3) is 0 Å². The molecule has 4 atom stereocenters. The minimum Gasteiger partial charge on any atom is -0.354 e. The van der Waals surface area contributed by atoms with Crippen molar-refractivity contribution in [3.8, 4) is 12.3 Å². The van der Waals surface area contributed by atoms with E-state index in [9.17, 15) is 4.79 Å². The molecule has 0 aromatic rings. The fraction of sp³-hybridized carbons (Fsp3) is 0.786. The summed E-state index contributed by atoms with van der Waals surface area (Å²) in [7, 11) is 0. The van der Waals surface area contributed by atoms with Crippen molar-refractivity contribution in [2.75, 3.05) is 19.6 Å². The van der Waals surface area contributed by atoms with E-state index >= 15 is 0 Å². The van der Waals surface area contributed by atoms with Crippen LogP contribution in [0.2, 0.25) is 0 Å². The molecule has 3 nitrogen and oxygen atoms in total. The minimum atomic E-state index is 0.265. The smallest absolute Gasteiger partial charge is 0.223 e. The summed E-state index contributed by atoms with van der Waals surface area (Å²) in [5.41, 5.74) is 0. The van der Waals surface area contributed by atoms with Gasteiger partial charge in [-0.05, 0) is 38.1 Å². The molecule has 1 N–H and O–H groups in total. The summed E-state index contributed by atoms with van der Waals surface area (Å²) >= 11 is 0. The lowest BCUT2D eigenvalue weighted by atomic mass is 9.76. The van der Waals surface area contributed by atoms with Crippen LogP contribution in [0.15, 0.2) is 0 Å². The van der Waals surface area contributed by atoms with Crippen LogP contribution < -0.4 is 5.32 Å². The Morgan fingerprint density at radius 3 is 2.82 bits per heavy atom. The maximum absolute atomic E-state index is 11.6. The standard InChI is InChI=1S/C14H20N2O/c1-2-10-9-16-6-5-12(10)7-13(16)8-15-14(17)11-3-4-11/h1,10-13H,3-9H2,(H,15,17). The number of amides is 1. The zero-order valence-electron chi connectivity index (χ0n) is 10.2. The number of piperidine rings is 3. The van der Waals surface area contributed by atoms with Crippen molar-refractivity contribution in [1.29, 1.82) is 0 Å². The van der Waals surface area contributed by atoms with Gasteiger partial charge in [0.2, 0.25) is 5.91 Å². The molecule has 2 bridgehead atoms. The maximum Gasteiger partial charge on any atom is 0.223 e. The van der Waals surface area contributed by atoms with Gasteiger partial charge in [-0.2, -0.15) is 0 Å². The van der Waals surface area contributed by atoms with E-state index in [2.05, 4.69) is 16.1 Å². The second-order valence-corrected chi connectivity index (χ2v) is 5.73. The third-order valence-corrected chi connectivity index (χ3v) is 4.55. The van der Waals surface area contributed by atoms with Crippen LogP contribution >= 0.6 is 0 Å². The summed E-state index contributed by atoms with van der Waals surface area (Å²) in [6.07, 6.45) is 10.1. The molecule has 92 valence electrons. The number of rotatable bonds is 3. The highest BCUT2D eigenvalue weighted by atomic mass is 16.2. The molecule has 3 heterocycles. The Balaban J connectivity index is 1.52. The molecular weight excluding hydrogens is 212 g/mol. The summed E-state index contributed by atoms with van der Waals surface area (Å²) in [6, 6.07) is 0.529. The average molecular weight is 232 g/mol. The van der Waals surface area contributed by atoms with Crippen LogP contribution in [0.1, 0.15) is 25.7 Å². The molecule has 0 aromatic carbocycles. The van der Waals surface area contributed by atoms with Crippen LogP contribution in [0, 0.1) is 30.1 Å². The predicted molar refractivity (Wildman–Crippen MR) is 66.1 cm³/mol. The fourth-order valence-corrected chi connectivity index (χ4v) is 3.25. The Kier molecular flexibility index (Phi) is 2.84. The summed E-state index contributed by atoms with van der Waals surface area (Å²) in [6.45, 7) is 3.01. The molecule has 17 heavy (non-hydrogen) atoms. The van der Waals surface area contributed by atoms with E-state index in [-0.39, 0.29) is 5.91 Å². The molecule has 4 fully saturated rings. The van der Waals surface area contributed by atoms with Crippen molar-refractivity contribution in [2.24, 2.45) is 17.8 Å². The van der Waals surface area contributed by atoms with Crippen LogP contribution in [-0.4, -0.2) is 36.5 Å². The number of hydrogen-bond acceptors (Lipinski definition) is 2. The van der Waals surface area contributed by atoms with Crippen molar-refractivity contribution in [3.05, 3.63) is 0 Å². The molecule has 0 spiro atoms. The highest BCUT2D eigenvalue weighted by molar-refractivity contribution is 5.80. The van der Waals surface area contributed by atoms with Gasteiger partial charge in [-0.25, -0.2) is 0 Å². The molecule has 3 aliphatic heterocycles. The third-order valence-electron chi connectivity index (χ3n) is 4.55. The van der Waals surface area contributed by atoms with Gasteiger partial charge in [0.1, 0.15) is 0 Å². The van der Waals surface area contributed by atoms with Crippen LogP contribution in [-0.2, 0) is 4.79 Å². The Labute approximate surface area is 103 Å². The fourth-order valence-electron chi connectivity index (χ4n) is 3.25. The zero-order valence-corrected chi connectivity index (χ0v) is 10.2. The third kappa shape index (κ3) is 2.19. The lowest BCUT2D eigenvalue weighted by Crippen LogP contribution is -2.56. The molecule has 1 aliphatic carbocycles. The van der Waals surface area contributed by atoms with E-state index in [1.807, 2.05) is 0 Å². The molecule has 1 saturated carbocycles. The van der Waals surface area contributed by atoms with Crippen LogP contribution in [0.3, 0.4) is 0 Å². The molecule has 3 saturated heterocycles. The van der Waals surface area contributed by atoms with E-state index in [1.165, 1.54) is 12.8 Å². The van der Waals surface area contributed by atoms with Gasteiger partial charge >= 0.3 is 0 Å². The average Bonchev–Trinajstić information content (AvgIpc) is 3.20. The van der Waals surface area contributed by atoms with Crippen molar-refractivity contribution in [3.63, 3.8) is 0 Å². The Morgan fingerprint density at radius 1 is 1.41 bits per heavy atom. The Hall–Kier alpha value is -1.01. The summed E-state index contributed by atoms with van der Waals surface area (Å²) in [5, 5.41) is 3.10. The molecule has 4 aliphatic rings. The molecule has 0 aromatic heterocycles. The van der Waals surface area contributed by atoms with Crippen molar-refractivity contribution >= 4 is 5.91 Å².